The highest BCUT2D eigenvalue weighted by Gasteiger charge is 2.08. The first-order valence-corrected chi connectivity index (χ1v) is 5.94. The van der Waals surface area contributed by atoms with Crippen LogP contribution in [0, 0.1) is 0 Å². The third-order valence-corrected chi connectivity index (χ3v) is 2.14. The molecule has 7 heteroatoms. The normalized spacial score (nSPS) is 10.3. The molecule has 96 valence electrons. The van der Waals surface area contributed by atoms with Gasteiger partial charge >= 0.3 is 6.01 Å². The smallest absolute Gasteiger partial charge is 0.323 e. The zero-order valence-electron chi connectivity index (χ0n) is 10.5. The molecule has 18 heavy (non-hydrogen) atoms. The maximum atomic E-state index is 5.33. The van der Waals surface area contributed by atoms with E-state index >= 15 is 0 Å². The molecule has 0 aliphatic carbocycles. The monoisotopic (exact) mass is 248 g/mol. The topological polar surface area (TPSA) is 77.8 Å². The Balaban J connectivity index is 2.30. The highest BCUT2D eigenvalue weighted by Crippen LogP contribution is 2.10. The number of nitrogens with one attached hydrogen (secondary N) is 1. The molecule has 0 radical (unpaired) electrons. The molecule has 0 fully saturated rings. The van der Waals surface area contributed by atoms with E-state index in [-0.39, 0.29) is 0 Å². The van der Waals surface area contributed by atoms with Gasteiger partial charge in [-0.25, -0.2) is 4.98 Å². The number of nitrogens with zero attached hydrogens (tertiary/aromatic N) is 5. The van der Waals surface area contributed by atoms with Gasteiger partial charge in [-0.3, -0.25) is 4.57 Å². The fraction of sp³-hybridized carbons (Fsp3) is 0.455. The van der Waals surface area contributed by atoms with Crippen molar-refractivity contribution in [2.24, 2.45) is 0 Å². The number of rotatable bonds is 6. The molecule has 0 amide bonds. The first-order chi connectivity index (χ1) is 8.83. The van der Waals surface area contributed by atoms with E-state index in [1.807, 2.05) is 6.92 Å². The molecule has 2 heterocycles. The van der Waals surface area contributed by atoms with Crippen LogP contribution in [0.2, 0.25) is 0 Å². The van der Waals surface area contributed by atoms with E-state index in [4.69, 9.17) is 4.74 Å². The van der Waals surface area contributed by atoms with Crippen LogP contribution in [0.3, 0.4) is 0 Å². The quantitative estimate of drug-likeness (QED) is 0.829. The molecule has 2 aromatic rings. The van der Waals surface area contributed by atoms with Crippen LogP contribution in [0.4, 0.5) is 5.95 Å². The van der Waals surface area contributed by atoms with Crippen molar-refractivity contribution in [3.05, 3.63) is 18.7 Å². The number of hydrogen-bond acceptors (Lipinski definition) is 6. The lowest BCUT2D eigenvalue weighted by molar-refractivity contribution is 0.311. The third-order valence-electron chi connectivity index (χ3n) is 2.14. The summed E-state index contributed by atoms with van der Waals surface area (Å²) in [7, 11) is 0. The van der Waals surface area contributed by atoms with Crippen LogP contribution in [0.1, 0.15) is 20.3 Å². The minimum absolute atomic E-state index is 0.315. The summed E-state index contributed by atoms with van der Waals surface area (Å²) in [5.74, 6) is 1.00. The Morgan fingerprint density at radius 3 is 2.83 bits per heavy atom. The van der Waals surface area contributed by atoms with Crippen molar-refractivity contribution in [2.45, 2.75) is 20.3 Å². The summed E-state index contributed by atoms with van der Waals surface area (Å²) in [5.41, 5.74) is 0. The van der Waals surface area contributed by atoms with Crippen LogP contribution in [0.25, 0.3) is 5.95 Å². The molecule has 0 aliphatic heterocycles. The van der Waals surface area contributed by atoms with Gasteiger partial charge in [-0.1, -0.05) is 6.92 Å². The molecular formula is C11H16N6O. The first kappa shape index (κ1) is 12.3. The molecule has 2 rings (SSSR count). The average Bonchev–Trinajstić information content (AvgIpc) is 2.90. The van der Waals surface area contributed by atoms with E-state index < -0.39 is 0 Å². The van der Waals surface area contributed by atoms with Gasteiger partial charge in [0.2, 0.25) is 11.9 Å². The summed E-state index contributed by atoms with van der Waals surface area (Å²) < 4.78 is 7.04. The van der Waals surface area contributed by atoms with Gasteiger partial charge in [0.25, 0.3) is 0 Å². The van der Waals surface area contributed by atoms with E-state index in [1.165, 1.54) is 0 Å². The van der Waals surface area contributed by atoms with Crippen LogP contribution in [0.15, 0.2) is 18.7 Å². The minimum atomic E-state index is 0.315. The molecule has 0 spiro atoms. The van der Waals surface area contributed by atoms with E-state index in [0.29, 0.717) is 24.5 Å². The summed E-state index contributed by atoms with van der Waals surface area (Å²) in [5, 5.41) is 3.12. The van der Waals surface area contributed by atoms with Gasteiger partial charge in [0.1, 0.15) is 6.33 Å². The molecular weight excluding hydrogens is 232 g/mol. The van der Waals surface area contributed by atoms with Gasteiger partial charge < -0.3 is 10.1 Å². The molecule has 0 saturated carbocycles. The van der Waals surface area contributed by atoms with Crippen LogP contribution in [-0.4, -0.2) is 37.7 Å². The Kier molecular flexibility index (Phi) is 4.06. The van der Waals surface area contributed by atoms with Crippen LogP contribution in [-0.2, 0) is 0 Å². The van der Waals surface area contributed by atoms with Crippen LogP contribution < -0.4 is 10.1 Å². The van der Waals surface area contributed by atoms with E-state index in [0.717, 1.165) is 13.0 Å². The summed E-state index contributed by atoms with van der Waals surface area (Å²) in [4.78, 5) is 16.7. The van der Waals surface area contributed by atoms with Crippen LogP contribution >= 0.6 is 0 Å². The Morgan fingerprint density at radius 1 is 1.28 bits per heavy atom. The standard InChI is InChI=1S/C11H16N6O/c1-3-5-13-9-14-10(17-7-6-12-8-17)16-11(15-9)18-4-2/h6-8H,3-5H2,1-2H3,(H,13,14,15,16). The highest BCUT2D eigenvalue weighted by atomic mass is 16.5. The number of aromatic nitrogens is 5. The Morgan fingerprint density at radius 2 is 2.17 bits per heavy atom. The second kappa shape index (κ2) is 5.95. The predicted octanol–water partition coefficient (Wildman–Crippen LogP) is 1.28. The van der Waals surface area contributed by atoms with E-state index in [9.17, 15) is 0 Å². The second-order valence-electron chi connectivity index (χ2n) is 3.57. The molecule has 7 nitrogen and oxygen atoms in total. The number of hydrogen-bond donors (Lipinski definition) is 1. The van der Waals surface area contributed by atoms with Crippen LogP contribution in [0.5, 0.6) is 6.01 Å². The van der Waals surface area contributed by atoms with E-state index in [2.05, 4.69) is 32.2 Å². The molecule has 0 aromatic carbocycles. The first-order valence-electron chi connectivity index (χ1n) is 5.94. The lowest BCUT2D eigenvalue weighted by Crippen LogP contribution is -2.10. The Labute approximate surface area is 105 Å². The zero-order chi connectivity index (χ0) is 12.8. The lowest BCUT2D eigenvalue weighted by atomic mass is 10.5. The Hall–Kier alpha value is -2.18. The fourth-order valence-corrected chi connectivity index (χ4v) is 1.35. The average molecular weight is 248 g/mol. The molecule has 1 N–H and O–H groups in total. The molecule has 0 bridgehead atoms. The summed E-state index contributed by atoms with van der Waals surface area (Å²) in [6.45, 7) is 5.29. The largest absolute Gasteiger partial charge is 0.464 e. The van der Waals surface area contributed by atoms with Crippen molar-refractivity contribution in [1.82, 2.24) is 24.5 Å². The maximum Gasteiger partial charge on any atom is 0.323 e. The molecule has 0 aliphatic rings. The van der Waals surface area contributed by atoms with Gasteiger partial charge in [-0.15, -0.1) is 0 Å². The molecule has 2 aromatic heterocycles. The predicted molar refractivity (Wildman–Crippen MR) is 66.9 cm³/mol. The highest BCUT2D eigenvalue weighted by molar-refractivity contribution is 5.30. The number of anilines is 1. The van der Waals surface area contributed by atoms with Crippen molar-refractivity contribution in [3.63, 3.8) is 0 Å². The summed E-state index contributed by atoms with van der Waals surface area (Å²) in [6, 6.07) is 0.315. The van der Waals surface area contributed by atoms with Crippen molar-refractivity contribution in [3.8, 4) is 12.0 Å². The van der Waals surface area contributed by atoms with Crippen molar-refractivity contribution in [2.75, 3.05) is 18.5 Å². The molecule has 0 atom stereocenters. The number of ether oxygens (including phenoxy) is 1. The maximum absolute atomic E-state index is 5.33. The van der Waals surface area contributed by atoms with E-state index in [1.54, 1.807) is 23.3 Å². The number of imidazole rings is 1. The SMILES string of the molecule is CCCNc1nc(OCC)nc(-n2ccnc2)n1. The lowest BCUT2D eigenvalue weighted by Gasteiger charge is -2.08. The third kappa shape index (κ3) is 2.93. The van der Waals surface area contributed by atoms with Gasteiger partial charge in [0.05, 0.1) is 6.61 Å². The van der Waals surface area contributed by atoms with Crippen molar-refractivity contribution in [1.29, 1.82) is 0 Å². The minimum Gasteiger partial charge on any atom is -0.464 e. The molecule has 0 saturated heterocycles. The second-order valence-corrected chi connectivity index (χ2v) is 3.57. The van der Waals surface area contributed by atoms with Crippen molar-refractivity contribution >= 4 is 5.95 Å². The van der Waals surface area contributed by atoms with Gasteiger partial charge in [0.15, 0.2) is 0 Å². The molecule has 0 unspecified atom stereocenters. The van der Waals surface area contributed by atoms with Gasteiger partial charge in [0, 0.05) is 18.9 Å². The van der Waals surface area contributed by atoms with Gasteiger partial charge in [-0.2, -0.15) is 15.0 Å². The summed E-state index contributed by atoms with van der Waals surface area (Å²) in [6.07, 6.45) is 6.07. The van der Waals surface area contributed by atoms with Gasteiger partial charge in [-0.05, 0) is 13.3 Å². The Bertz CT molecular complexity index is 484. The zero-order valence-corrected chi connectivity index (χ0v) is 10.5. The fourth-order valence-electron chi connectivity index (χ4n) is 1.35. The van der Waals surface area contributed by atoms with Crippen molar-refractivity contribution < 1.29 is 4.74 Å². The summed E-state index contributed by atoms with van der Waals surface area (Å²) >= 11 is 0.